The number of aromatic nitrogens is 2. The summed E-state index contributed by atoms with van der Waals surface area (Å²) in [7, 11) is 0. The molecule has 0 saturated carbocycles. The number of nitrogens with zero attached hydrogens (tertiary/aromatic N) is 1. The van der Waals surface area contributed by atoms with E-state index in [0.29, 0.717) is 0 Å². The molecule has 0 aromatic carbocycles. The van der Waals surface area contributed by atoms with E-state index in [9.17, 15) is 14.7 Å². The molecule has 0 spiro atoms. The lowest BCUT2D eigenvalue weighted by atomic mass is 10.2. The molecule has 1 saturated heterocycles. The molecule has 0 amide bonds. The average molecular weight is 281 g/mol. The number of H-pyrrole nitrogens is 1. The van der Waals surface area contributed by atoms with Gasteiger partial charge in [0.15, 0.2) is 6.23 Å². The fourth-order valence-corrected chi connectivity index (χ4v) is 2.28. The highest BCUT2D eigenvalue weighted by Crippen LogP contribution is 2.32. The maximum atomic E-state index is 11.5. The second-order valence-electron chi connectivity index (χ2n) is 3.67. The Morgan fingerprint density at radius 1 is 1.53 bits per heavy atom. The summed E-state index contributed by atoms with van der Waals surface area (Å²) in [5.41, 5.74) is -1.15. The van der Waals surface area contributed by atoms with Crippen molar-refractivity contribution in [3.05, 3.63) is 33.1 Å². The molecule has 0 aliphatic carbocycles. The van der Waals surface area contributed by atoms with E-state index in [1.54, 1.807) is 0 Å². The molecule has 2 heterocycles. The molecule has 0 radical (unpaired) electrons. The lowest BCUT2D eigenvalue weighted by Crippen LogP contribution is -2.35. The zero-order chi connectivity index (χ0) is 12.6. The summed E-state index contributed by atoms with van der Waals surface area (Å²) in [5, 5.41) is 8.90. The fourth-order valence-electron chi connectivity index (χ4n) is 1.68. The second-order valence-corrected chi connectivity index (χ2v) is 4.48. The molecule has 1 aromatic rings. The molecular formula is C9H10Cl2N2O4. The smallest absolute Gasteiger partial charge is 0.330 e. The molecule has 17 heavy (non-hydrogen) atoms. The third kappa shape index (κ3) is 2.26. The summed E-state index contributed by atoms with van der Waals surface area (Å²) < 4.78 is 6.49. The molecule has 6 nitrogen and oxygen atoms in total. The summed E-state index contributed by atoms with van der Waals surface area (Å²) in [4.78, 5) is 24.5. The third-order valence-electron chi connectivity index (χ3n) is 2.57. The Bertz CT molecular complexity index is 514. The number of ether oxygens (including phenoxy) is 1. The zero-order valence-corrected chi connectivity index (χ0v) is 10.1. The molecule has 2 rings (SSSR count). The second kappa shape index (κ2) is 4.81. The summed E-state index contributed by atoms with van der Waals surface area (Å²) in [6.45, 7) is 0. The number of hydrogen-bond acceptors (Lipinski definition) is 4. The van der Waals surface area contributed by atoms with Gasteiger partial charge in [0.2, 0.25) is 0 Å². The van der Waals surface area contributed by atoms with E-state index in [-0.39, 0.29) is 5.88 Å². The van der Waals surface area contributed by atoms with E-state index < -0.39 is 35.1 Å². The molecule has 0 bridgehead atoms. The van der Waals surface area contributed by atoms with E-state index in [1.807, 2.05) is 0 Å². The van der Waals surface area contributed by atoms with Crippen molar-refractivity contribution in [2.24, 2.45) is 0 Å². The normalized spacial score (nSPS) is 32.9. The first-order valence-electron chi connectivity index (χ1n) is 4.89. The van der Waals surface area contributed by atoms with Crippen LogP contribution in [0.15, 0.2) is 21.9 Å². The Hall–Kier alpha value is -0.820. The van der Waals surface area contributed by atoms with Crippen molar-refractivity contribution in [2.45, 2.75) is 23.8 Å². The van der Waals surface area contributed by atoms with Crippen LogP contribution in [0.2, 0.25) is 0 Å². The average Bonchev–Trinajstić information content (AvgIpc) is 2.57. The van der Waals surface area contributed by atoms with Crippen molar-refractivity contribution in [2.75, 3.05) is 5.88 Å². The van der Waals surface area contributed by atoms with E-state index in [4.69, 9.17) is 27.9 Å². The lowest BCUT2D eigenvalue weighted by Gasteiger charge is -2.15. The van der Waals surface area contributed by atoms with Crippen molar-refractivity contribution < 1.29 is 9.84 Å². The Balaban J connectivity index is 2.35. The fraction of sp³-hybridized carbons (Fsp3) is 0.556. The van der Waals surface area contributed by atoms with Crippen LogP contribution in [0.4, 0.5) is 0 Å². The first kappa shape index (κ1) is 12.6. The summed E-state index contributed by atoms with van der Waals surface area (Å²) in [6, 6.07) is 1.18. The SMILES string of the molecule is O=c1ccn([C@H]2O[C@@H](CCl)C(O)C2Cl)c(=O)[nH]1. The van der Waals surface area contributed by atoms with Gasteiger partial charge in [-0.05, 0) is 0 Å². The molecule has 1 aliphatic heterocycles. The lowest BCUT2D eigenvalue weighted by molar-refractivity contribution is -0.00797. The van der Waals surface area contributed by atoms with Crippen molar-refractivity contribution in [3.63, 3.8) is 0 Å². The highest BCUT2D eigenvalue weighted by atomic mass is 35.5. The molecule has 1 aromatic heterocycles. The van der Waals surface area contributed by atoms with Crippen molar-refractivity contribution in [1.29, 1.82) is 0 Å². The van der Waals surface area contributed by atoms with Gasteiger partial charge in [-0.1, -0.05) is 0 Å². The number of rotatable bonds is 2. The number of nitrogens with one attached hydrogen (secondary N) is 1. The summed E-state index contributed by atoms with van der Waals surface area (Å²) >= 11 is 11.6. The van der Waals surface area contributed by atoms with Gasteiger partial charge in [0.25, 0.3) is 5.56 Å². The van der Waals surface area contributed by atoms with Gasteiger partial charge >= 0.3 is 5.69 Å². The van der Waals surface area contributed by atoms with Crippen LogP contribution in [-0.2, 0) is 4.74 Å². The predicted molar refractivity (Wildman–Crippen MR) is 61.6 cm³/mol. The minimum absolute atomic E-state index is 0.0684. The van der Waals surface area contributed by atoms with Crippen molar-refractivity contribution >= 4 is 23.2 Å². The van der Waals surface area contributed by atoms with Gasteiger partial charge in [-0.15, -0.1) is 23.2 Å². The molecule has 4 atom stereocenters. The van der Waals surface area contributed by atoms with E-state index in [1.165, 1.54) is 12.3 Å². The van der Waals surface area contributed by atoms with Crippen LogP contribution >= 0.6 is 23.2 Å². The van der Waals surface area contributed by atoms with Crippen LogP contribution in [0.25, 0.3) is 0 Å². The van der Waals surface area contributed by atoms with Crippen LogP contribution in [0.1, 0.15) is 6.23 Å². The number of aliphatic hydroxyl groups excluding tert-OH is 1. The van der Waals surface area contributed by atoms with Crippen LogP contribution in [0.3, 0.4) is 0 Å². The third-order valence-corrected chi connectivity index (χ3v) is 3.35. The summed E-state index contributed by atoms with van der Waals surface area (Å²) in [6.07, 6.45) is -1.18. The van der Waals surface area contributed by atoms with E-state index in [2.05, 4.69) is 4.98 Å². The highest BCUT2D eigenvalue weighted by molar-refractivity contribution is 6.22. The van der Waals surface area contributed by atoms with Crippen LogP contribution in [0, 0.1) is 0 Å². The Labute approximate surface area is 106 Å². The van der Waals surface area contributed by atoms with Gasteiger partial charge < -0.3 is 9.84 Å². The Morgan fingerprint density at radius 2 is 2.24 bits per heavy atom. The largest absolute Gasteiger partial charge is 0.389 e. The minimum atomic E-state index is -0.960. The van der Waals surface area contributed by atoms with E-state index >= 15 is 0 Å². The molecular weight excluding hydrogens is 271 g/mol. The maximum absolute atomic E-state index is 11.5. The molecule has 1 fully saturated rings. The van der Waals surface area contributed by atoms with Crippen LogP contribution in [0.5, 0.6) is 0 Å². The minimum Gasteiger partial charge on any atom is -0.389 e. The van der Waals surface area contributed by atoms with Gasteiger partial charge in [0.05, 0.1) is 5.88 Å². The summed E-state index contributed by atoms with van der Waals surface area (Å²) in [5.74, 6) is 0.0684. The first-order chi connectivity index (χ1) is 8.04. The van der Waals surface area contributed by atoms with Crippen molar-refractivity contribution in [1.82, 2.24) is 9.55 Å². The number of halogens is 2. The van der Waals surface area contributed by atoms with Gasteiger partial charge in [-0.25, -0.2) is 4.79 Å². The molecule has 94 valence electrons. The molecule has 2 unspecified atom stereocenters. The number of aromatic amines is 1. The number of aliphatic hydroxyl groups is 1. The van der Waals surface area contributed by atoms with Gasteiger partial charge in [0, 0.05) is 12.3 Å². The number of hydrogen-bond donors (Lipinski definition) is 2. The molecule has 2 N–H and O–H groups in total. The van der Waals surface area contributed by atoms with Crippen LogP contribution < -0.4 is 11.2 Å². The maximum Gasteiger partial charge on any atom is 0.330 e. The molecule has 1 aliphatic rings. The van der Waals surface area contributed by atoms with Gasteiger partial charge in [-0.2, -0.15) is 0 Å². The van der Waals surface area contributed by atoms with E-state index in [0.717, 1.165) is 4.57 Å². The monoisotopic (exact) mass is 280 g/mol. The topological polar surface area (TPSA) is 84.3 Å². The molecule has 8 heteroatoms. The Kier molecular flexibility index (Phi) is 3.58. The first-order valence-corrected chi connectivity index (χ1v) is 5.86. The van der Waals surface area contributed by atoms with Crippen LogP contribution in [-0.4, -0.2) is 38.1 Å². The standard InChI is InChI=1S/C9H10Cl2N2O4/c10-3-4-7(15)6(11)8(17-4)13-2-1-5(14)12-9(13)16/h1-2,4,6-8,15H,3H2,(H,12,14,16)/t4-,6?,7?,8-/m0/s1. The predicted octanol–water partition coefficient (Wildman–Crippen LogP) is -0.359. The quantitative estimate of drug-likeness (QED) is 0.725. The van der Waals surface area contributed by atoms with Gasteiger partial charge in [0.1, 0.15) is 17.6 Å². The van der Waals surface area contributed by atoms with Crippen molar-refractivity contribution in [3.8, 4) is 0 Å². The zero-order valence-electron chi connectivity index (χ0n) is 8.55. The Morgan fingerprint density at radius 3 is 2.76 bits per heavy atom. The van der Waals surface area contributed by atoms with Gasteiger partial charge in [-0.3, -0.25) is 14.3 Å². The highest BCUT2D eigenvalue weighted by Gasteiger charge is 2.43. The number of alkyl halides is 2.